The van der Waals surface area contributed by atoms with Crippen molar-refractivity contribution in [2.45, 2.75) is 51.4 Å². The van der Waals surface area contributed by atoms with Crippen LogP contribution in [0, 0.1) is 5.92 Å². The molecular weight excluding hydrogens is 236 g/mol. The number of aryl methyl sites for hydroxylation is 1. The zero-order valence-corrected chi connectivity index (χ0v) is 11.9. The summed E-state index contributed by atoms with van der Waals surface area (Å²) in [7, 11) is 1.42. The van der Waals surface area contributed by atoms with Crippen LogP contribution in [0.4, 0.5) is 0 Å². The van der Waals surface area contributed by atoms with Gasteiger partial charge in [-0.05, 0) is 36.5 Å². The van der Waals surface area contributed by atoms with Gasteiger partial charge in [0.05, 0.1) is 12.7 Å². The molecule has 0 heterocycles. The predicted octanol–water partition coefficient (Wildman–Crippen LogP) is 4.38. The van der Waals surface area contributed by atoms with E-state index in [4.69, 9.17) is 4.74 Å². The Hall–Kier alpha value is -1.31. The van der Waals surface area contributed by atoms with Crippen molar-refractivity contribution in [1.82, 2.24) is 0 Å². The van der Waals surface area contributed by atoms with Gasteiger partial charge in [0, 0.05) is 0 Å². The lowest BCUT2D eigenvalue weighted by molar-refractivity contribution is 0.0600. The molecule has 0 unspecified atom stereocenters. The molecule has 2 nitrogen and oxygen atoms in total. The Kier molecular flexibility index (Phi) is 5.44. The number of carbonyl (C=O) groups is 1. The summed E-state index contributed by atoms with van der Waals surface area (Å²) < 4.78 is 4.70. The maximum atomic E-state index is 11.3. The van der Waals surface area contributed by atoms with Gasteiger partial charge < -0.3 is 4.74 Å². The van der Waals surface area contributed by atoms with Crippen LogP contribution in [0.2, 0.25) is 0 Å². The van der Waals surface area contributed by atoms with Crippen LogP contribution in [0.1, 0.15) is 60.9 Å². The highest BCUT2D eigenvalue weighted by Crippen LogP contribution is 2.27. The molecule has 1 fully saturated rings. The molecule has 0 amide bonds. The lowest BCUT2D eigenvalue weighted by Gasteiger charge is -2.21. The maximum Gasteiger partial charge on any atom is 0.337 e. The average molecular weight is 260 g/mol. The van der Waals surface area contributed by atoms with Crippen molar-refractivity contribution in [1.29, 1.82) is 0 Å². The van der Waals surface area contributed by atoms with Crippen LogP contribution >= 0.6 is 0 Å². The molecule has 0 spiro atoms. The third-order valence-electron chi connectivity index (χ3n) is 4.18. The fourth-order valence-corrected chi connectivity index (χ4v) is 3.00. The lowest BCUT2D eigenvalue weighted by atomic mass is 9.85. The third kappa shape index (κ3) is 4.38. The molecular formula is C17H24O2. The molecule has 1 saturated carbocycles. The molecule has 2 rings (SSSR count). The molecule has 0 radical (unpaired) electrons. The molecule has 1 aliphatic rings. The summed E-state index contributed by atoms with van der Waals surface area (Å²) in [6, 6.07) is 7.82. The van der Waals surface area contributed by atoms with Crippen LogP contribution in [0.5, 0.6) is 0 Å². The fourth-order valence-electron chi connectivity index (χ4n) is 3.00. The summed E-state index contributed by atoms with van der Waals surface area (Å²) in [6.07, 6.45) is 10.9. The Morgan fingerprint density at radius 2 is 1.84 bits per heavy atom. The quantitative estimate of drug-likeness (QED) is 0.734. The number of benzene rings is 1. The van der Waals surface area contributed by atoms with E-state index in [9.17, 15) is 4.79 Å². The Morgan fingerprint density at radius 1 is 1.16 bits per heavy atom. The lowest BCUT2D eigenvalue weighted by Crippen LogP contribution is -2.06. The smallest absolute Gasteiger partial charge is 0.337 e. The van der Waals surface area contributed by atoms with Crippen LogP contribution < -0.4 is 0 Å². The van der Waals surface area contributed by atoms with Crippen molar-refractivity contribution in [3.8, 4) is 0 Å². The van der Waals surface area contributed by atoms with Crippen molar-refractivity contribution in [2.75, 3.05) is 7.11 Å². The van der Waals surface area contributed by atoms with Gasteiger partial charge in [-0.1, -0.05) is 50.7 Å². The van der Waals surface area contributed by atoms with Crippen LogP contribution in [0.3, 0.4) is 0 Å². The molecule has 0 N–H and O–H groups in total. The average Bonchev–Trinajstić information content (AvgIpc) is 2.48. The number of ether oxygens (including phenoxy) is 1. The molecule has 1 aliphatic carbocycles. The van der Waals surface area contributed by atoms with Gasteiger partial charge in [-0.3, -0.25) is 0 Å². The highest BCUT2D eigenvalue weighted by molar-refractivity contribution is 5.89. The van der Waals surface area contributed by atoms with Crippen LogP contribution in [-0.4, -0.2) is 13.1 Å². The van der Waals surface area contributed by atoms with E-state index in [2.05, 4.69) is 0 Å². The molecule has 104 valence electrons. The number of hydrogen-bond acceptors (Lipinski definition) is 2. The molecule has 0 saturated heterocycles. The highest BCUT2D eigenvalue weighted by atomic mass is 16.5. The second-order valence-electron chi connectivity index (χ2n) is 5.58. The van der Waals surface area contributed by atoms with Crippen LogP contribution in [0.25, 0.3) is 0 Å². The van der Waals surface area contributed by atoms with E-state index >= 15 is 0 Å². The Bertz CT molecular complexity index is 388. The molecule has 0 aromatic heterocycles. The maximum absolute atomic E-state index is 11.3. The monoisotopic (exact) mass is 260 g/mol. The molecule has 19 heavy (non-hydrogen) atoms. The molecule has 0 aliphatic heterocycles. The Morgan fingerprint density at radius 3 is 2.47 bits per heavy atom. The van der Waals surface area contributed by atoms with Gasteiger partial charge in [0.2, 0.25) is 0 Å². The van der Waals surface area contributed by atoms with E-state index in [1.54, 1.807) is 0 Å². The van der Waals surface area contributed by atoms with E-state index in [0.29, 0.717) is 5.56 Å². The number of rotatable bonds is 5. The minimum Gasteiger partial charge on any atom is -0.465 e. The zero-order chi connectivity index (χ0) is 13.5. The summed E-state index contributed by atoms with van der Waals surface area (Å²) in [5.74, 6) is 0.705. The van der Waals surface area contributed by atoms with Gasteiger partial charge in [0.25, 0.3) is 0 Å². The molecule has 1 aromatic rings. The topological polar surface area (TPSA) is 26.3 Å². The van der Waals surface area contributed by atoms with E-state index in [-0.39, 0.29) is 5.97 Å². The minimum absolute atomic E-state index is 0.256. The highest BCUT2D eigenvalue weighted by Gasteiger charge is 2.12. The van der Waals surface area contributed by atoms with E-state index in [1.165, 1.54) is 57.6 Å². The molecule has 1 aromatic carbocycles. The Balaban J connectivity index is 1.75. The summed E-state index contributed by atoms with van der Waals surface area (Å²) in [5.41, 5.74) is 1.96. The Labute approximate surface area is 116 Å². The first kappa shape index (κ1) is 14.1. The van der Waals surface area contributed by atoms with Gasteiger partial charge >= 0.3 is 5.97 Å². The van der Waals surface area contributed by atoms with E-state index < -0.39 is 0 Å². The number of methoxy groups -OCH3 is 1. The van der Waals surface area contributed by atoms with Crippen LogP contribution in [0.15, 0.2) is 24.3 Å². The molecule has 2 heteroatoms. The standard InChI is InChI=1S/C17H24O2/c1-19-17(18)16-12-10-15(11-13-16)9-5-8-14-6-3-2-4-7-14/h10-14H,2-9H2,1H3. The van der Waals surface area contributed by atoms with Crippen molar-refractivity contribution in [2.24, 2.45) is 5.92 Å². The first-order valence-electron chi connectivity index (χ1n) is 7.47. The summed E-state index contributed by atoms with van der Waals surface area (Å²) in [5, 5.41) is 0. The van der Waals surface area contributed by atoms with Crippen molar-refractivity contribution >= 4 is 5.97 Å². The van der Waals surface area contributed by atoms with E-state index in [0.717, 1.165) is 12.3 Å². The second-order valence-corrected chi connectivity index (χ2v) is 5.58. The van der Waals surface area contributed by atoms with Crippen molar-refractivity contribution in [3.63, 3.8) is 0 Å². The van der Waals surface area contributed by atoms with E-state index in [1.807, 2.05) is 24.3 Å². The summed E-state index contributed by atoms with van der Waals surface area (Å²) in [4.78, 5) is 11.3. The van der Waals surface area contributed by atoms with Crippen LogP contribution in [-0.2, 0) is 11.2 Å². The van der Waals surface area contributed by atoms with Gasteiger partial charge in [-0.15, -0.1) is 0 Å². The number of hydrogen-bond donors (Lipinski definition) is 0. The first-order chi connectivity index (χ1) is 9.29. The molecule has 0 bridgehead atoms. The van der Waals surface area contributed by atoms with Crippen molar-refractivity contribution in [3.05, 3.63) is 35.4 Å². The third-order valence-corrected chi connectivity index (χ3v) is 4.18. The van der Waals surface area contributed by atoms with Crippen molar-refractivity contribution < 1.29 is 9.53 Å². The minimum atomic E-state index is -0.256. The van der Waals surface area contributed by atoms with Gasteiger partial charge in [0.15, 0.2) is 0 Å². The zero-order valence-electron chi connectivity index (χ0n) is 11.9. The first-order valence-corrected chi connectivity index (χ1v) is 7.47. The van der Waals surface area contributed by atoms with Gasteiger partial charge in [0.1, 0.15) is 0 Å². The molecule has 0 atom stereocenters. The number of carbonyl (C=O) groups excluding carboxylic acids is 1. The normalized spacial score (nSPS) is 16.3. The summed E-state index contributed by atoms with van der Waals surface area (Å²) in [6.45, 7) is 0. The predicted molar refractivity (Wildman–Crippen MR) is 77.3 cm³/mol. The second kappa shape index (κ2) is 7.32. The summed E-state index contributed by atoms with van der Waals surface area (Å²) >= 11 is 0. The van der Waals surface area contributed by atoms with Gasteiger partial charge in [-0.25, -0.2) is 4.79 Å². The SMILES string of the molecule is COC(=O)c1ccc(CCCC2CCCCC2)cc1. The number of esters is 1. The van der Waals surface area contributed by atoms with Gasteiger partial charge in [-0.2, -0.15) is 0 Å². The largest absolute Gasteiger partial charge is 0.465 e. The fraction of sp³-hybridized carbons (Fsp3) is 0.588.